The number of pyridine rings is 1. The first-order valence-electron chi connectivity index (χ1n) is 5.07. The van der Waals surface area contributed by atoms with Gasteiger partial charge in [-0.05, 0) is 31.4 Å². The molecule has 1 aromatic rings. The third-order valence-corrected chi connectivity index (χ3v) is 2.67. The summed E-state index contributed by atoms with van der Waals surface area (Å²) >= 11 is 0. The predicted molar refractivity (Wildman–Crippen MR) is 55.5 cm³/mol. The second-order valence-corrected chi connectivity index (χ2v) is 3.96. The summed E-state index contributed by atoms with van der Waals surface area (Å²) in [4.78, 5) is 15.8. The van der Waals surface area contributed by atoms with Gasteiger partial charge >= 0.3 is 0 Å². The molecule has 2 rings (SSSR count). The van der Waals surface area contributed by atoms with Gasteiger partial charge in [0.2, 0.25) is 0 Å². The van der Waals surface area contributed by atoms with Crippen LogP contribution >= 0.6 is 0 Å². The summed E-state index contributed by atoms with van der Waals surface area (Å²) in [5.41, 5.74) is 1.34. The lowest BCUT2D eigenvalue weighted by atomic mass is 9.89. The Labute approximate surface area is 88.3 Å². The van der Waals surface area contributed by atoms with Crippen LogP contribution in [0.2, 0.25) is 0 Å². The molecule has 1 aliphatic carbocycles. The van der Waals surface area contributed by atoms with Gasteiger partial charge in [-0.15, -0.1) is 0 Å². The average Bonchev–Trinajstić information content (AvgIpc) is 2.16. The van der Waals surface area contributed by atoms with Gasteiger partial charge in [-0.25, -0.2) is 0 Å². The van der Waals surface area contributed by atoms with Gasteiger partial charge in [0.25, 0.3) is 5.91 Å². The summed E-state index contributed by atoms with van der Waals surface area (Å²) in [5, 5.41) is 11.9. The molecule has 1 amide bonds. The smallest absolute Gasteiger partial charge is 0.270 e. The van der Waals surface area contributed by atoms with Crippen molar-refractivity contribution in [3.8, 4) is 0 Å². The molecular formula is C11H14N2O2. The van der Waals surface area contributed by atoms with E-state index >= 15 is 0 Å². The molecular weight excluding hydrogens is 192 g/mol. The fourth-order valence-electron chi connectivity index (χ4n) is 1.68. The summed E-state index contributed by atoms with van der Waals surface area (Å²) in [6.45, 7) is 1.86. The summed E-state index contributed by atoms with van der Waals surface area (Å²) < 4.78 is 0. The van der Waals surface area contributed by atoms with Crippen LogP contribution in [0, 0.1) is 6.92 Å². The molecule has 1 aromatic heterocycles. The van der Waals surface area contributed by atoms with Gasteiger partial charge in [-0.2, -0.15) is 0 Å². The van der Waals surface area contributed by atoms with Crippen molar-refractivity contribution in [3.63, 3.8) is 0 Å². The first-order chi connectivity index (χ1) is 7.16. The number of aliphatic hydroxyl groups is 1. The van der Waals surface area contributed by atoms with E-state index in [1.807, 2.05) is 13.0 Å². The van der Waals surface area contributed by atoms with E-state index in [9.17, 15) is 4.79 Å². The molecule has 0 aliphatic heterocycles. The molecule has 4 nitrogen and oxygen atoms in total. The van der Waals surface area contributed by atoms with Gasteiger partial charge in [0.1, 0.15) is 5.69 Å². The quantitative estimate of drug-likeness (QED) is 0.746. The maximum absolute atomic E-state index is 11.7. The normalized spacial score (nSPS) is 24.4. The number of hydrogen-bond acceptors (Lipinski definition) is 3. The Balaban J connectivity index is 1.99. The lowest BCUT2D eigenvalue weighted by Gasteiger charge is -2.31. The lowest BCUT2D eigenvalue weighted by Crippen LogP contribution is -2.47. The van der Waals surface area contributed by atoms with Crippen molar-refractivity contribution in [2.24, 2.45) is 0 Å². The third kappa shape index (κ3) is 2.15. The molecule has 1 saturated carbocycles. The highest BCUT2D eigenvalue weighted by Crippen LogP contribution is 2.19. The van der Waals surface area contributed by atoms with Crippen molar-refractivity contribution in [2.45, 2.75) is 31.9 Å². The number of hydrogen-bond donors (Lipinski definition) is 2. The lowest BCUT2D eigenvalue weighted by molar-refractivity contribution is 0.0560. The zero-order valence-electron chi connectivity index (χ0n) is 8.60. The Kier molecular flexibility index (Phi) is 2.68. The van der Waals surface area contributed by atoms with Gasteiger partial charge in [-0.1, -0.05) is 6.07 Å². The highest BCUT2D eigenvalue weighted by atomic mass is 16.3. The standard InChI is InChI=1S/C11H14N2O2/c1-7-3-2-4-12-10(7)11(15)13-8-5-9(14)6-8/h2-4,8-9,14H,5-6H2,1H3,(H,13,15). The third-order valence-electron chi connectivity index (χ3n) is 2.67. The van der Waals surface area contributed by atoms with E-state index in [-0.39, 0.29) is 18.1 Å². The Morgan fingerprint density at radius 3 is 2.93 bits per heavy atom. The molecule has 0 spiro atoms. The molecule has 80 valence electrons. The second kappa shape index (κ2) is 3.98. The van der Waals surface area contributed by atoms with Crippen LogP contribution in [-0.4, -0.2) is 28.1 Å². The summed E-state index contributed by atoms with van der Waals surface area (Å²) in [7, 11) is 0. The molecule has 1 fully saturated rings. The van der Waals surface area contributed by atoms with Crippen LogP contribution in [0.4, 0.5) is 0 Å². The van der Waals surface area contributed by atoms with Crippen molar-refractivity contribution >= 4 is 5.91 Å². The van der Waals surface area contributed by atoms with Crippen molar-refractivity contribution in [2.75, 3.05) is 0 Å². The van der Waals surface area contributed by atoms with Gasteiger partial charge < -0.3 is 10.4 Å². The monoisotopic (exact) mass is 206 g/mol. The van der Waals surface area contributed by atoms with Crippen LogP contribution in [0.5, 0.6) is 0 Å². The molecule has 0 aromatic carbocycles. The fraction of sp³-hybridized carbons (Fsp3) is 0.455. The summed E-state index contributed by atoms with van der Waals surface area (Å²) in [6, 6.07) is 3.77. The maximum Gasteiger partial charge on any atom is 0.270 e. The topological polar surface area (TPSA) is 62.2 Å². The maximum atomic E-state index is 11.7. The van der Waals surface area contributed by atoms with Crippen molar-refractivity contribution in [1.82, 2.24) is 10.3 Å². The highest BCUT2D eigenvalue weighted by Gasteiger charge is 2.29. The van der Waals surface area contributed by atoms with Gasteiger partial charge in [0.05, 0.1) is 6.10 Å². The Morgan fingerprint density at radius 1 is 1.60 bits per heavy atom. The van der Waals surface area contributed by atoms with E-state index in [4.69, 9.17) is 5.11 Å². The number of aryl methyl sites for hydroxylation is 1. The Hall–Kier alpha value is -1.42. The van der Waals surface area contributed by atoms with E-state index in [0.717, 1.165) is 5.56 Å². The summed E-state index contributed by atoms with van der Waals surface area (Å²) in [6.07, 6.45) is 2.66. The average molecular weight is 206 g/mol. The molecule has 4 heteroatoms. The molecule has 15 heavy (non-hydrogen) atoms. The zero-order chi connectivity index (χ0) is 10.8. The van der Waals surface area contributed by atoms with Gasteiger partial charge in [-0.3, -0.25) is 9.78 Å². The molecule has 2 N–H and O–H groups in total. The van der Waals surface area contributed by atoms with Crippen molar-refractivity contribution < 1.29 is 9.90 Å². The molecule has 0 unspecified atom stereocenters. The highest BCUT2D eigenvalue weighted by molar-refractivity contribution is 5.93. The minimum absolute atomic E-state index is 0.105. The predicted octanol–water partition coefficient (Wildman–Crippen LogP) is 0.643. The largest absolute Gasteiger partial charge is 0.393 e. The number of rotatable bonds is 2. The van der Waals surface area contributed by atoms with Gasteiger partial charge in [0.15, 0.2) is 0 Å². The van der Waals surface area contributed by atoms with E-state index in [1.54, 1.807) is 12.3 Å². The van der Waals surface area contributed by atoms with Crippen LogP contribution < -0.4 is 5.32 Å². The number of carbonyl (C=O) groups is 1. The minimum atomic E-state index is -0.250. The molecule has 1 aliphatic rings. The van der Waals surface area contributed by atoms with Gasteiger partial charge in [0, 0.05) is 12.2 Å². The second-order valence-electron chi connectivity index (χ2n) is 3.96. The molecule has 0 atom stereocenters. The summed E-state index contributed by atoms with van der Waals surface area (Å²) in [5.74, 6) is -0.148. The minimum Gasteiger partial charge on any atom is -0.393 e. The molecule has 0 bridgehead atoms. The van der Waals surface area contributed by atoms with Crippen molar-refractivity contribution in [1.29, 1.82) is 0 Å². The molecule has 0 radical (unpaired) electrons. The molecule has 0 saturated heterocycles. The Morgan fingerprint density at radius 2 is 2.33 bits per heavy atom. The number of aromatic nitrogens is 1. The number of amides is 1. The van der Waals surface area contributed by atoms with Crippen LogP contribution in [0.15, 0.2) is 18.3 Å². The SMILES string of the molecule is Cc1cccnc1C(=O)NC1CC(O)C1. The van der Waals surface area contributed by atoms with Crippen molar-refractivity contribution in [3.05, 3.63) is 29.6 Å². The van der Waals surface area contributed by atoms with Crippen LogP contribution in [0.25, 0.3) is 0 Å². The number of aliphatic hydroxyl groups excluding tert-OH is 1. The molecule has 1 heterocycles. The Bertz CT molecular complexity index is 373. The van der Waals surface area contributed by atoms with E-state index in [2.05, 4.69) is 10.3 Å². The number of carbonyl (C=O) groups excluding carboxylic acids is 1. The van der Waals surface area contributed by atoms with E-state index in [1.165, 1.54) is 0 Å². The number of nitrogens with zero attached hydrogens (tertiary/aromatic N) is 1. The van der Waals surface area contributed by atoms with Crippen LogP contribution in [-0.2, 0) is 0 Å². The number of nitrogens with one attached hydrogen (secondary N) is 1. The van der Waals surface area contributed by atoms with Crippen LogP contribution in [0.3, 0.4) is 0 Å². The van der Waals surface area contributed by atoms with Crippen LogP contribution in [0.1, 0.15) is 28.9 Å². The zero-order valence-corrected chi connectivity index (χ0v) is 8.60. The fourth-order valence-corrected chi connectivity index (χ4v) is 1.68. The first kappa shape index (κ1) is 10.1. The van der Waals surface area contributed by atoms with E-state index in [0.29, 0.717) is 18.5 Å². The van der Waals surface area contributed by atoms with E-state index < -0.39 is 0 Å². The first-order valence-corrected chi connectivity index (χ1v) is 5.07.